The molecule has 0 N–H and O–H groups in total. The van der Waals surface area contributed by atoms with Crippen LogP contribution in [-0.4, -0.2) is 51.6 Å². The second kappa shape index (κ2) is 11.9. The van der Waals surface area contributed by atoms with Crippen molar-refractivity contribution in [3.05, 3.63) is 0 Å². The molecule has 0 fully saturated rings. The maximum absolute atomic E-state index is 9.67. The van der Waals surface area contributed by atoms with E-state index in [2.05, 4.69) is 0 Å². The van der Waals surface area contributed by atoms with E-state index in [1.807, 2.05) is 6.92 Å². The van der Waals surface area contributed by atoms with Crippen molar-refractivity contribution in [3.63, 3.8) is 0 Å². The van der Waals surface area contributed by atoms with E-state index in [4.69, 9.17) is 9.47 Å². The molecule has 0 saturated carbocycles. The van der Waals surface area contributed by atoms with Gasteiger partial charge in [0.1, 0.15) is 12.9 Å². The van der Waals surface area contributed by atoms with Crippen molar-refractivity contribution in [3.8, 4) is 0 Å². The third-order valence-corrected chi connectivity index (χ3v) is 0.762. The van der Waals surface area contributed by atoms with E-state index in [1.54, 1.807) is 0 Å². The molecular weight excluding hydrogens is 127 g/mol. The topological polar surface area (TPSA) is 35.5 Å². The second-order valence-corrected chi connectivity index (χ2v) is 1.44. The monoisotopic (exact) mass is 140 g/mol. The molecule has 0 saturated heterocycles. The fourth-order valence-electron chi connectivity index (χ4n) is 0.394. The molecule has 0 aromatic heterocycles. The summed E-state index contributed by atoms with van der Waals surface area (Å²) in [6.45, 7) is 3.87. The van der Waals surface area contributed by atoms with E-state index in [9.17, 15) is 4.79 Å². The second-order valence-electron chi connectivity index (χ2n) is 1.44. The van der Waals surface area contributed by atoms with Crippen LogP contribution >= 0.6 is 0 Å². The summed E-state index contributed by atoms with van der Waals surface area (Å²) in [6.07, 6.45) is 0.728. The van der Waals surface area contributed by atoms with Gasteiger partial charge in [0.05, 0.1) is 13.2 Å². The maximum atomic E-state index is 9.67. The molecule has 4 heteroatoms. The average Bonchev–Trinajstić information content (AvgIpc) is 1.89. The van der Waals surface area contributed by atoms with Crippen LogP contribution < -0.4 is 0 Å². The molecule has 0 aromatic rings. The molecular formula is C6H13LiO3. The van der Waals surface area contributed by atoms with Crippen LogP contribution in [0, 0.1) is 0 Å². The van der Waals surface area contributed by atoms with Gasteiger partial charge in [-0.25, -0.2) is 0 Å². The Bertz CT molecular complexity index is 68.0. The molecule has 0 bridgehead atoms. The minimum absolute atomic E-state index is 0. The zero-order valence-corrected chi connectivity index (χ0v) is 5.63. The normalized spacial score (nSPS) is 8.50. The van der Waals surface area contributed by atoms with Crippen molar-refractivity contribution in [2.75, 3.05) is 26.4 Å². The molecule has 0 unspecified atom stereocenters. The first-order valence-corrected chi connectivity index (χ1v) is 3.01. The Morgan fingerprint density at radius 1 is 1.30 bits per heavy atom. The van der Waals surface area contributed by atoms with E-state index in [0.29, 0.717) is 19.8 Å². The van der Waals surface area contributed by atoms with Crippen LogP contribution in [0.2, 0.25) is 0 Å². The number of carbonyl (C=O) groups excluding carboxylic acids is 1. The van der Waals surface area contributed by atoms with E-state index in [0.717, 1.165) is 6.29 Å². The minimum atomic E-state index is 0. The van der Waals surface area contributed by atoms with Crippen molar-refractivity contribution >= 4 is 25.1 Å². The zero-order valence-electron chi connectivity index (χ0n) is 5.63. The Labute approximate surface area is 73.3 Å². The first-order chi connectivity index (χ1) is 4.41. The van der Waals surface area contributed by atoms with Crippen molar-refractivity contribution in [1.82, 2.24) is 0 Å². The van der Waals surface area contributed by atoms with E-state index in [1.165, 1.54) is 0 Å². The summed E-state index contributed by atoms with van der Waals surface area (Å²) in [5, 5.41) is 0. The first kappa shape index (κ1) is 12.8. The molecule has 0 aliphatic rings. The predicted molar refractivity (Wildman–Crippen MR) is 40.5 cm³/mol. The van der Waals surface area contributed by atoms with Crippen molar-refractivity contribution in [2.45, 2.75) is 6.92 Å². The van der Waals surface area contributed by atoms with Gasteiger partial charge in [-0.2, -0.15) is 0 Å². The zero-order chi connectivity index (χ0) is 6.95. The fourth-order valence-corrected chi connectivity index (χ4v) is 0.394. The van der Waals surface area contributed by atoms with Crippen LogP contribution in [-0.2, 0) is 14.3 Å². The molecule has 0 spiro atoms. The predicted octanol–water partition coefficient (Wildman–Crippen LogP) is -0.410. The van der Waals surface area contributed by atoms with Crippen molar-refractivity contribution in [1.29, 1.82) is 0 Å². The van der Waals surface area contributed by atoms with Crippen LogP contribution in [0.1, 0.15) is 6.92 Å². The molecule has 0 radical (unpaired) electrons. The van der Waals surface area contributed by atoms with E-state index >= 15 is 0 Å². The summed E-state index contributed by atoms with van der Waals surface area (Å²) >= 11 is 0. The molecule has 0 aliphatic heterocycles. The van der Waals surface area contributed by atoms with Gasteiger partial charge >= 0.3 is 18.9 Å². The van der Waals surface area contributed by atoms with Gasteiger partial charge in [-0.1, -0.05) is 0 Å². The van der Waals surface area contributed by atoms with E-state index in [-0.39, 0.29) is 25.5 Å². The van der Waals surface area contributed by atoms with E-state index < -0.39 is 0 Å². The van der Waals surface area contributed by atoms with Gasteiger partial charge in [-0.3, -0.25) is 0 Å². The van der Waals surface area contributed by atoms with Crippen LogP contribution in [0.15, 0.2) is 0 Å². The Balaban J connectivity index is 0. The average molecular weight is 140 g/mol. The summed E-state index contributed by atoms with van der Waals surface area (Å²) in [5.74, 6) is 0. The molecule has 0 atom stereocenters. The summed E-state index contributed by atoms with van der Waals surface area (Å²) in [6, 6.07) is 0. The van der Waals surface area contributed by atoms with Crippen LogP contribution in [0.4, 0.5) is 0 Å². The van der Waals surface area contributed by atoms with Gasteiger partial charge in [-0.15, -0.1) is 0 Å². The van der Waals surface area contributed by atoms with Crippen molar-refractivity contribution in [2.24, 2.45) is 0 Å². The summed E-state index contributed by atoms with van der Waals surface area (Å²) in [4.78, 5) is 9.67. The number of carbonyl (C=O) groups is 1. The standard InChI is InChI=1S/C6H12O3.Li.H/c1-2-8-5-6-9-4-3-7;;/h3H,2,4-6H2,1H3;;. The Morgan fingerprint density at radius 2 is 1.90 bits per heavy atom. The SMILES string of the molecule is CCOCCOCC=O.[LiH]. The van der Waals surface area contributed by atoms with Gasteiger partial charge in [0.15, 0.2) is 0 Å². The van der Waals surface area contributed by atoms with Gasteiger partial charge in [0, 0.05) is 6.61 Å². The van der Waals surface area contributed by atoms with Crippen LogP contribution in [0.5, 0.6) is 0 Å². The Morgan fingerprint density at radius 3 is 2.40 bits per heavy atom. The number of hydrogen-bond acceptors (Lipinski definition) is 3. The van der Waals surface area contributed by atoms with Crippen LogP contribution in [0.25, 0.3) is 0 Å². The molecule has 0 rings (SSSR count). The quantitative estimate of drug-likeness (QED) is 0.286. The summed E-state index contributed by atoms with van der Waals surface area (Å²) < 4.78 is 9.73. The third kappa shape index (κ3) is 11.0. The fraction of sp³-hybridized carbons (Fsp3) is 0.833. The van der Waals surface area contributed by atoms with Gasteiger partial charge < -0.3 is 14.3 Å². The first-order valence-electron chi connectivity index (χ1n) is 3.01. The Hall–Kier alpha value is 0.187. The van der Waals surface area contributed by atoms with Crippen molar-refractivity contribution < 1.29 is 14.3 Å². The number of aldehydes is 1. The molecule has 0 heterocycles. The summed E-state index contributed by atoms with van der Waals surface area (Å²) in [7, 11) is 0. The van der Waals surface area contributed by atoms with Crippen LogP contribution in [0.3, 0.4) is 0 Å². The Kier molecular flexibility index (Phi) is 15.3. The van der Waals surface area contributed by atoms with Gasteiger partial charge in [-0.05, 0) is 6.92 Å². The number of ether oxygens (including phenoxy) is 2. The van der Waals surface area contributed by atoms with Gasteiger partial charge in [0.2, 0.25) is 0 Å². The molecule has 0 amide bonds. The molecule has 3 nitrogen and oxygen atoms in total. The third-order valence-electron chi connectivity index (χ3n) is 0.762. The van der Waals surface area contributed by atoms with Gasteiger partial charge in [0.25, 0.3) is 0 Å². The molecule has 0 aliphatic carbocycles. The molecule has 10 heavy (non-hydrogen) atoms. The number of rotatable bonds is 6. The molecule has 56 valence electrons. The molecule has 0 aromatic carbocycles. The number of hydrogen-bond donors (Lipinski definition) is 0. The summed E-state index contributed by atoms with van der Waals surface area (Å²) in [5.41, 5.74) is 0.